The summed E-state index contributed by atoms with van der Waals surface area (Å²) in [5.74, 6) is 5.00. The lowest BCUT2D eigenvalue weighted by atomic mass is 10.3. The van der Waals surface area contributed by atoms with Gasteiger partial charge in [-0.15, -0.1) is 12.8 Å². The van der Waals surface area contributed by atoms with Crippen molar-refractivity contribution in [1.29, 1.82) is 0 Å². The van der Waals surface area contributed by atoms with Gasteiger partial charge in [-0.1, -0.05) is 11.8 Å². The number of terminal acetylenes is 2. The molecule has 0 aliphatic carbocycles. The van der Waals surface area contributed by atoms with Crippen molar-refractivity contribution in [1.82, 2.24) is 4.90 Å². The van der Waals surface area contributed by atoms with Crippen LogP contribution < -0.4 is 0 Å². The maximum atomic E-state index is 9.62. The van der Waals surface area contributed by atoms with E-state index in [1.165, 1.54) is 0 Å². The second-order valence-corrected chi connectivity index (χ2v) is 3.61. The van der Waals surface area contributed by atoms with E-state index >= 15 is 0 Å². The van der Waals surface area contributed by atoms with Crippen LogP contribution in [0.1, 0.15) is 13.8 Å². The fraction of sp³-hybridized carbons (Fsp3) is 0.667. The molecule has 0 aromatic heterocycles. The summed E-state index contributed by atoms with van der Waals surface area (Å²) in [4.78, 5) is 1.83. The van der Waals surface area contributed by atoms with Crippen LogP contribution >= 0.6 is 0 Å². The Labute approximate surface area is 92.4 Å². The Bertz CT molecular complexity index is 221. The van der Waals surface area contributed by atoms with Gasteiger partial charge in [0.25, 0.3) is 0 Å². The Hall–Kier alpha value is -1.00. The fourth-order valence-corrected chi connectivity index (χ4v) is 1.10. The number of nitrogens with zero attached hydrogens (tertiary/aromatic N) is 1. The third-order valence-corrected chi connectivity index (χ3v) is 1.72. The molecule has 0 aromatic rings. The molecule has 0 fully saturated rings. The molecule has 0 heterocycles. The smallest absolute Gasteiger partial charge is 0.0901 e. The molecule has 84 valence electrons. The molecule has 0 spiro atoms. The first kappa shape index (κ1) is 14.0. The highest BCUT2D eigenvalue weighted by atomic mass is 16.5. The Kier molecular flexibility index (Phi) is 7.77. The van der Waals surface area contributed by atoms with E-state index in [2.05, 4.69) is 11.8 Å². The molecule has 0 aliphatic rings. The predicted molar refractivity (Wildman–Crippen MR) is 61.2 cm³/mol. The highest BCUT2D eigenvalue weighted by molar-refractivity contribution is 4.95. The van der Waals surface area contributed by atoms with E-state index in [0.717, 1.165) is 0 Å². The van der Waals surface area contributed by atoms with E-state index < -0.39 is 6.10 Å². The lowest BCUT2D eigenvalue weighted by Gasteiger charge is -2.21. The highest BCUT2D eigenvalue weighted by Crippen LogP contribution is 1.95. The van der Waals surface area contributed by atoms with Gasteiger partial charge >= 0.3 is 0 Å². The van der Waals surface area contributed by atoms with E-state index in [1.807, 2.05) is 18.7 Å². The van der Waals surface area contributed by atoms with Crippen molar-refractivity contribution >= 4 is 0 Å². The number of aliphatic hydroxyl groups excluding tert-OH is 1. The summed E-state index contributed by atoms with van der Waals surface area (Å²) in [5.41, 5.74) is 0. The summed E-state index contributed by atoms with van der Waals surface area (Å²) in [6.07, 6.45) is 9.94. The van der Waals surface area contributed by atoms with Crippen LogP contribution in [0.4, 0.5) is 0 Å². The van der Waals surface area contributed by atoms with E-state index in [4.69, 9.17) is 17.6 Å². The van der Waals surface area contributed by atoms with Crippen molar-refractivity contribution in [2.75, 3.05) is 26.2 Å². The van der Waals surface area contributed by atoms with Gasteiger partial charge in [0.1, 0.15) is 0 Å². The molecule has 1 unspecified atom stereocenters. The van der Waals surface area contributed by atoms with E-state index in [1.54, 1.807) is 0 Å². The van der Waals surface area contributed by atoms with Gasteiger partial charge in [-0.3, -0.25) is 4.90 Å². The van der Waals surface area contributed by atoms with Crippen LogP contribution in [-0.2, 0) is 4.74 Å². The maximum Gasteiger partial charge on any atom is 0.0901 e. The van der Waals surface area contributed by atoms with Gasteiger partial charge in [-0.25, -0.2) is 0 Å². The quantitative estimate of drug-likeness (QED) is 0.614. The summed E-state index contributed by atoms with van der Waals surface area (Å²) in [7, 11) is 0. The zero-order valence-corrected chi connectivity index (χ0v) is 9.44. The fourth-order valence-electron chi connectivity index (χ4n) is 1.10. The third kappa shape index (κ3) is 8.03. The largest absolute Gasteiger partial charge is 0.389 e. The van der Waals surface area contributed by atoms with E-state index in [9.17, 15) is 5.11 Å². The molecular formula is C12H19NO2. The molecule has 1 N–H and O–H groups in total. The molecule has 3 heteroatoms. The van der Waals surface area contributed by atoms with Crippen molar-refractivity contribution in [2.24, 2.45) is 0 Å². The minimum atomic E-state index is -0.547. The van der Waals surface area contributed by atoms with Crippen molar-refractivity contribution < 1.29 is 9.84 Å². The van der Waals surface area contributed by atoms with Crippen molar-refractivity contribution in [3.63, 3.8) is 0 Å². The van der Waals surface area contributed by atoms with Gasteiger partial charge in [0.05, 0.1) is 31.9 Å². The summed E-state index contributed by atoms with van der Waals surface area (Å²) in [6, 6.07) is 0. The monoisotopic (exact) mass is 209 g/mol. The average Bonchev–Trinajstić information content (AvgIpc) is 2.15. The van der Waals surface area contributed by atoms with Gasteiger partial charge < -0.3 is 9.84 Å². The number of hydrogen-bond acceptors (Lipinski definition) is 3. The molecule has 0 saturated carbocycles. The van der Waals surface area contributed by atoms with Crippen LogP contribution in [0.5, 0.6) is 0 Å². The molecule has 3 nitrogen and oxygen atoms in total. The number of hydrogen-bond donors (Lipinski definition) is 1. The number of rotatable bonds is 7. The lowest BCUT2D eigenvalue weighted by Crippen LogP contribution is -2.36. The van der Waals surface area contributed by atoms with Gasteiger partial charge in [-0.2, -0.15) is 0 Å². The second-order valence-electron chi connectivity index (χ2n) is 3.61. The maximum absolute atomic E-state index is 9.62. The average molecular weight is 209 g/mol. The Morgan fingerprint density at radius 3 is 2.20 bits per heavy atom. The molecule has 0 radical (unpaired) electrons. The predicted octanol–water partition coefficient (Wildman–Crippen LogP) is 0.341. The molecular weight excluding hydrogens is 190 g/mol. The normalized spacial score (nSPS) is 12.5. The van der Waals surface area contributed by atoms with Crippen LogP contribution in [0.3, 0.4) is 0 Å². The van der Waals surface area contributed by atoms with Crippen molar-refractivity contribution in [2.45, 2.75) is 26.1 Å². The van der Waals surface area contributed by atoms with E-state index in [-0.39, 0.29) is 6.10 Å². The van der Waals surface area contributed by atoms with Gasteiger partial charge in [0.2, 0.25) is 0 Å². The topological polar surface area (TPSA) is 32.7 Å². The Morgan fingerprint density at radius 1 is 1.27 bits per heavy atom. The van der Waals surface area contributed by atoms with Gasteiger partial charge in [-0.05, 0) is 13.8 Å². The highest BCUT2D eigenvalue weighted by Gasteiger charge is 2.10. The minimum absolute atomic E-state index is 0.119. The SMILES string of the molecule is C#CCN(CC#C)CC(O)COC(C)C. The Morgan fingerprint density at radius 2 is 1.80 bits per heavy atom. The zero-order chi connectivity index (χ0) is 11.7. The van der Waals surface area contributed by atoms with Crippen LogP contribution in [0.2, 0.25) is 0 Å². The number of ether oxygens (including phenoxy) is 1. The van der Waals surface area contributed by atoms with Crippen LogP contribution in [-0.4, -0.2) is 48.5 Å². The summed E-state index contributed by atoms with van der Waals surface area (Å²) in [6.45, 7) is 5.50. The Balaban J connectivity index is 3.84. The molecule has 0 aliphatic heterocycles. The van der Waals surface area contributed by atoms with E-state index in [0.29, 0.717) is 26.2 Å². The zero-order valence-electron chi connectivity index (χ0n) is 9.44. The first-order valence-corrected chi connectivity index (χ1v) is 4.99. The molecule has 0 rings (SSSR count). The molecule has 0 aromatic carbocycles. The summed E-state index contributed by atoms with van der Waals surface area (Å²) >= 11 is 0. The van der Waals surface area contributed by atoms with Crippen LogP contribution in [0.25, 0.3) is 0 Å². The van der Waals surface area contributed by atoms with Gasteiger partial charge in [0, 0.05) is 6.54 Å². The summed E-state index contributed by atoms with van der Waals surface area (Å²) < 4.78 is 5.28. The standard InChI is InChI=1S/C12H19NO2/c1-5-7-13(8-6-2)9-12(14)10-15-11(3)4/h1-2,11-12,14H,7-10H2,3-4H3. The lowest BCUT2D eigenvalue weighted by molar-refractivity contribution is -0.00554. The molecule has 0 bridgehead atoms. The van der Waals surface area contributed by atoms with Crippen LogP contribution in [0.15, 0.2) is 0 Å². The third-order valence-electron chi connectivity index (χ3n) is 1.72. The first-order valence-electron chi connectivity index (χ1n) is 4.99. The molecule has 15 heavy (non-hydrogen) atoms. The van der Waals surface area contributed by atoms with Crippen LogP contribution in [0, 0.1) is 24.7 Å². The number of aliphatic hydroxyl groups is 1. The molecule has 0 saturated heterocycles. The first-order chi connectivity index (χ1) is 7.10. The van der Waals surface area contributed by atoms with Crippen molar-refractivity contribution in [3.8, 4) is 24.7 Å². The minimum Gasteiger partial charge on any atom is -0.389 e. The summed E-state index contributed by atoms with van der Waals surface area (Å²) in [5, 5.41) is 9.62. The molecule has 0 amide bonds. The molecule has 1 atom stereocenters. The van der Waals surface area contributed by atoms with Crippen molar-refractivity contribution in [3.05, 3.63) is 0 Å². The van der Waals surface area contributed by atoms with Gasteiger partial charge in [0.15, 0.2) is 0 Å². The second kappa shape index (κ2) is 8.32.